The van der Waals surface area contributed by atoms with Gasteiger partial charge in [-0.25, -0.2) is 0 Å². The molecule has 2 heterocycles. The van der Waals surface area contributed by atoms with Gasteiger partial charge < -0.3 is 24.1 Å². The van der Waals surface area contributed by atoms with E-state index in [4.69, 9.17) is 18.9 Å². The molecule has 1 N–H and O–H groups in total. The number of hydrogen-bond acceptors (Lipinski definition) is 5. The minimum Gasteiger partial charge on any atom is -0.364 e. The number of aliphatic hydroxyl groups is 1. The van der Waals surface area contributed by atoms with Crippen LogP contribution < -0.4 is 0 Å². The van der Waals surface area contributed by atoms with E-state index in [1.807, 2.05) is 0 Å². The Bertz CT molecular complexity index is 392. The standard InChI is InChI=1S/C15H24O5/c1-9-4-5-11-12-10(9)6-7-18-14(12)20-15(2,16)13(11)19-8-17-3/h4,10-14,16H,5-8H2,1-3H3/t10-,11-,12+,13-,14-,15-/m0/s1. The summed E-state index contributed by atoms with van der Waals surface area (Å²) in [5, 5.41) is 10.6. The van der Waals surface area contributed by atoms with Crippen molar-refractivity contribution >= 4 is 0 Å². The first kappa shape index (κ1) is 14.5. The molecule has 6 atom stereocenters. The van der Waals surface area contributed by atoms with Crippen LogP contribution in [0.15, 0.2) is 11.6 Å². The van der Waals surface area contributed by atoms with Gasteiger partial charge in [0.1, 0.15) is 12.9 Å². The molecule has 1 aliphatic carbocycles. The van der Waals surface area contributed by atoms with Crippen LogP contribution >= 0.6 is 0 Å². The highest BCUT2D eigenvalue weighted by atomic mass is 16.8. The summed E-state index contributed by atoms with van der Waals surface area (Å²) in [6.07, 6.45) is 3.46. The zero-order chi connectivity index (χ0) is 14.3. The van der Waals surface area contributed by atoms with Crippen LogP contribution in [-0.2, 0) is 18.9 Å². The summed E-state index contributed by atoms with van der Waals surface area (Å²) in [5.74, 6) is -0.410. The molecule has 0 aromatic heterocycles. The summed E-state index contributed by atoms with van der Waals surface area (Å²) in [6, 6.07) is 0. The van der Waals surface area contributed by atoms with E-state index >= 15 is 0 Å². The molecule has 0 bridgehead atoms. The van der Waals surface area contributed by atoms with Crippen molar-refractivity contribution in [2.75, 3.05) is 20.5 Å². The summed E-state index contributed by atoms with van der Waals surface area (Å²) < 4.78 is 22.3. The van der Waals surface area contributed by atoms with E-state index < -0.39 is 11.9 Å². The summed E-state index contributed by atoms with van der Waals surface area (Å²) in [7, 11) is 1.58. The van der Waals surface area contributed by atoms with Crippen molar-refractivity contribution in [1.82, 2.24) is 0 Å². The van der Waals surface area contributed by atoms with E-state index in [0.717, 1.165) is 12.8 Å². The molecule has 5 nitrogen and oxygen atoms in total. The number of rotatable bonds is 3. The van der Waals surface area contributed by atoms with Gasteiger partial charge in [0.25, 0.3) is 0 Å². The first-order valence-corrected chi connectivity index (χ1v) is 7.33. The fourth-order valence-corrected chi connectivity index (χ4v) is 4.02. The first-order valence-electron chi connectivity index (χ1n) is 7.33. The molecule has 3 aliphatic rings. The van der Waals surface area contributed by atoms with Crippen molar-refractivity contribution in [3.8, 4) is 0 Å². The molecule has 2 saturated heterocycles. The fourth-order valence-electron chi connectivity index (χ4n) is 4.02. The smallest absolute Gasteiger partial charge is 0.192 e. The Morgan fingerprint density at radius 1 is 1.50 bits per heavy atom. The van der Waals surface area contributed by atoms with Gasteiger partial charge in [-0.1, -0.05) is 11.6 Å². The van der Waals surface area contributed by atoms with Gasteiger partial charge in [0.2, 0.25) is 0 Å². The molecule has 20 heavy (non-hydrogen) atoms. The highest BCUT2D eigenvalue weighted by molar-refractivity contribution is 5.15. The van der Waals surface area contributed by atoms with Crippen LogP contribution in [0.25, 0.3) is 0 Å². The third-order valence-corrected chi connectivity index (χ3v) is 4.92. The lowest BCUT2D eigenvalue weighted by Gasteiger charge is -2.55. The molecule has 0 aromatic rings. The quantitative estimate of drug-likeness (QED) is 0.631. The maximum absolute atomic E-state index is 10.6. The Morgan fingerprint density at radius 3 is 3.05 bits per heavy atom. The average Bonchev–Trinajstić information content (AvgIpc) is 2.40. The van der Waals surface area contributed by atoms with E-state index in [0.29, 0.717) is 12.5 Å². The van der Waals surface area contributed by atoms with Crippen LogP contribution in [-0.4, -0.2) is 43.8 Å². The van der Waals surface area contributed by atoms with Crippen molar-refractivity contribution < 1.29 is 24.1 Å². The third kappa shape index (κ3) is 2.31. The molecular weight excluding hydrogens is 260 g/mol. The van der Waals surface area contributed by atoms with E-state index in [2.05, 4.69) is 13.0 Å². The van der Waals surface area contributed by atoms with Gasteiger partial charge in [0, 0.05) is 18.9 Å². The Balaban J connectivity index is 1.89. The molecule has 0 spiro atoms. The predicted octanol–water partition coefficient (Wildman–Crippen LogP) is 1.66. The second-order valence-electron chi connectivity index (χ2n) is 6.23. The van der Waals surface area contributed by atoms with Crippen LogP contribution in [0.3, 0.4) is 0 Å². The Kier molecular flexibility index (Phi) is 3.90. The second kappa shape index (κ2) is 5.39. The number of methoxy groups -OCH3 is 1. The van der Waals surface area contributed by atoms with E-state index in [9.17, 15) is 5.11 Å². The van der Waals surface area contributed by atoms with Gasteiger partial charge in [-0.2, -0.15) is 0 Å². The van der Waals surface area contributed by atoms with Crippen LogP contribution in [0, 0.1) is 17.8 Å². The van der Waals surface area contributed by atoms with Gasteiger partial charge in [0.05, 0.1) is 6.61 Å². The van der Waals surface area contributed by atoms with Crippen molar-refractivity contribution in [3.63, 3.8) is 0 Å². The van der Waals surface area contributed by atoms with Crippen molar-refractivity contribution in [2.24, 2.45) is 17.8 Å². The molecule has 114 valence electrons. The molecular formula is C15H24O5. The molecule has 0 saturated carbocycles. The molecule has 0 amide bonds. The topological polar surface area (TPSA) is 57.2 Å². The molecule has 5 heteroatoms. The molecule has 0 unspecified atom stereocenters. The van der Waals surface area contributed by atoms with Crippen LogP contribution in [0.5, 0.6) is 0 Å². The fraction of sp³-hybridized carbons (Fsp3) is 0.867. The van der Waals surface area contributed by atoms with Crippen molar-refractivity contribution in [2.45, 2.75) is 44.9 Å². The molecule has 3 rings (SSSR count). The van der Waals surface area contributed by atoms with Gasteiger partial charge in [-0.15, -0.1) is 0 Å². The predicted molar refractivity (Wildman–Crippen MR) is 71.7 cm³/mol. The third-order valence-electron chi connectivity index (χ3n) is 4.92. The molecule has 2 aliphatic heterocycles. The second-order valence-corrected chi connectivity index (χ2v) is 6.23. The number of ether oxygens (including phenoxy) is 4. The zero-order valence-corrected chi connectivity index (χ0v) is 12.4. The van der Waals surface area contributed by atoms with Gasteiger partial charge in [-0.3, -0.25) is 0 Å². The SMILES string of the molecule is COCO[C@H]1[C@H]2CC=C(C)[C@@H]3CCO[C@@H](O[C@]1(C)O)[C@@H]23. The van der Waals surface area contributed by atoms with Gasteiger partial charge >= 0.3 is 0 Å². The van der Waals surface area contributed by atoms with Gasteiger partial charge in [0.15, 0.2) is 12.1 Å². The van der Waals surface area contributed by atoms with Crippen molar-refractivity contribution in [1.29, 1.82) is 0 Å². The molecule has 0 aromatic carbocycles. The minimum absolute atomic E-state index is 0.159. The molecule has 2 fully saturated rings. The summed E-state index contributed by atoms with van der Waals surface area (Å²) in [4.78, 5) is 0. The lowest BCUT2D eigenvalue weighted by molar-refractivity contribution is -0.393. The Hall–Kier alpha value is -0.460. The molecule has 0 radical (unpaired) electrons. The Morgan fingerprint density at radius 2 is 2.30 bits per heavy atom. The summed E-state index contributed by atoms with van der Waals surface area (Å²) in [5.41, 5.74) is 1.41. The van der Waals surface area contributed by atoms with Crippen LogP contribution in [0.1, 0.15) is 26.7 Å². The summed E-state index contributed by atoms with van der Waals surface area (Å²) in [6.45, 7) is 4.68. The monoisotopic (exact) mass is 284 g/mol. The van der Waals surface area contributed by atoms with E-state index in [1.165, 1.54) is 5.57 Å². The average molecular weight is 284 g/mol. The largest absolute Gasteiger partial charge is 0.364 e. The summed E-state index contributed by atoms with van der Waals surface area (Å²) >= 11 is 0. The van der Waals surface area contributed by atoms with E-state index in [-0.39, 0.29) is 24.9 Å². The maximum atomic E-state index is 10.6. The highest BCUT2D eigenvalue weighted by Gasteiger charge is 2.56. The first-order chi connectivity index (χ1) is 9.54. The lowest BCUT2D eigenvalue weighted by Crippen LogP contribution is -2.63. The Labute approximate surface area is 119 Å². The zero-order valence-electron chi connectivity index (χ0n) is 12.4. The normalized spacial score (nSPS) is 47.6. The lowest BCUT2D eigenvalue weighted by atomic mass is 9.65. The van der Waals surface area contributed by atoms with E-state index in [1.54, 1.807) is 14.0 Å². The van der Waals surface area contributed by atoms with Crippen LogP contribution in [0.2, 0.25) is 0 Å². The van der Waals surface area contributed by atoms with Gasteiger partial charge in [-0.05, 0) is 32.6 Å². The van der Waals surface area contributed by atoms with Crippen molar-refractivity contribution in [3.05, 3.63) is 11.6 Å². The highest BCUT2D eigenvalue weighted by Crippen LogP contribution is 2.50. The minimum atomic E-state index is -1.34. The number of hydrogen-bond donors (Lipinski definition) is 1. The van der Waals surface area contributed by atoms with Crippen LogP contribution in [0.4, 0.5) is 0 Å². The maximum Gasteiger partial charge on any atom is 0.192 e. The number of allylic oxidation sites excluding steroid dienone is 2.